The van der Waals surface area contributed by atoms with E-state index in [1.807, 2.05) is 27.8 Å². The molecule has 1 aliphatic heterocycles. The highest BCUT2D eigenvalue weighted by atomic mass is 32.2. The van der Waals surface area contributed by atoms with E-state index in [1.165, 1.54) is 12.1 Å². The molecule has 1 N–H and O–H groups in total. The lowest BCUT2D eigenvalue weighted by molar-refractivity contribution is 0.0717. The lowest BCUT2D eigenvalue weighted by Crippen LogP contribution is -2.40. The molecule has 9 nitrogen and oxygen atoms in total. The van der Waals surface area contributed by atoms with Crippen molar-refractivity contribution in [1.82, 2.24) is 29.3 Å². The zero-order valence-electron chi connectivity index (χ0n) is 26.0. The van der Waals surface area contributed by atoms with Gasteiger partial charge in [-0.05, 0) is 96.0 Å². The van der Waals surface area contributed by atoms with Crippen molar-refractivity contribution in [2.45, 2.75) is 77.8 Å². The minimum atomic E-state index is -3.17. The average Bonchev–Trinajstić information content (AvgIpc) is 3.60. The van der Waals surface area contributed by atoms with Crippen molar-refractivity contribution >= 4 is 27.0 Å². The fourth-order valence-electron chi connectivity index (χ4n) is 6.85. The number of fused-ring (bicyclic) bond motifs is 1. The van der Waals surface area contributed by atoms with Gasteiger partial charge >= 0.3 is 0 Å². The van der Waals surface area contributed by atoms with Gasteiger partial charge in [-0.15, -0.1) is 0 Å². The normalized spacial score (nSPS) is 21.6. The van der Waals surface area contributed by atoms with Gasteiger partial charge in [-0.3, -0.25) is 9.48 Å². The zero-order valence-corrected chi connectivity index (χ0v) is 26.8. The number of carbonyl (C=O) groups excluding carboxylic acids is 1. The van der Waals surface area contributed by atoms with E-state index in [0.717, 1.165) is 74.0 Å². The summed E-state index contributed by atoms with van der Waals surface area (Å²) in [5, 5.41) is 4.48. The molecule has 0 bridgehead atoms. The Bertz CT molecular complexity index is 1560. The Labute approximate surface area is 254 Å². The molecule has 43 heavy (non-hydrogen) atoms. The SMILES string of the molecule is CCN(C(=O)c1cc(F)ccc1-c1cc(C2CCN(CC3CCC(NS(=O)(=O)CC)CC3)C2)nc2cnn(C)c12)C(C)C. The van der Waals surface area contributed by atoms with Crippen LogP contribution < -0.4 is 4.72 Å². The second-order valence-electron chi connectivity index (χ2n) is 12.5. The van der Waals surface area contributed by atoms with Gasteiger partial charge in [-0.2, -0.15) is 5.10 Å². The standard InChI is InChI=1S/C32H45FN6O3S/c1-6-39(21(3)4)32(40)28-16-24(33)10-13-26(28)27-17-29(35-30-18-34-37(5)31(27)30)23-14-15-38(20-23)19-22-8-11-25(12-9-22)36-43(41,42)7-2/h10,13,16-18,21-23,25,36H,6-9,11-12,14-15,19-20H2,1-5H3. The molecule has 1 saturated heterocycles. The van der Waals surface area contributed by atoms with Crippen LogP contribution in [0.2, 0.25) is 0 Å². The molecule has 3 aromatic rings. The second kappa shape index (κ2) is 13.0. The zero-order chi connectivity index (χ0) is 30.9. The van der Waals surface area contributed by atoms with Gasteiger partial charge in [0.15, 0.2) is 0 Å². The van der Waals surface area contributed by atoms with Gasteiger partial charge in [-0.1, -0.05) is 6.07 Å². The number of hydrogen-bond acceptors (Lipinski definition) is 6. The maximum absolute atomic E-state index is 14.6. The Hall–Kier alpha value is -2.89. The van der Waals surface area contributed by atoms with E-state index in [0.29, 0.717) is 23.6 Å². The molecule has 2 fully saturated rings. The van der Waals surface area contributed by atoms with Crippen LogP contribution in [0, 0.1) is 11.7 Å². The first kappa shape index (κ1) is 31.5. The molecule has 234 valence electrons. The summed E-state index contributed by atoms with van der Waals surface area (Å²) in [4.78, 5) is 23.0. The maximum Gasteiger partial charge on any atom is 0.254 e. The van der Waals surface area contributed by atoms with Crippen LogP contribution >= 0.6 is 0 Å². The van der Waals surface area contributed by atoms with Gasteiger partial charge < -0.3 is 9.80 Å². The van der Waals surface area contributed by atoms with Gasteiger partial charge in [0.25, 0.3) is 5.91 Å². The number of aryl methyl sites for hydroxylation is 1. The quantitative estimate of drug-likeness (QED) is 0.349. The largest absolute Gasteiger partial charge is 0.336 e. The summed E-state index contributed by atoms with van der Waals surface area (Å²) in [6, 6.07) is 6.59. The molecule has 1 aliphatic carbocycles. The molecule has 0 radical (unpaired) electrons. The number of hydrogen-bond donors (Lipinski definition) is 1. The second-order valence-corrected chi connectivity index (χ2v) is 14.5. The van der Waals surface area contributed by atoms with Crippen molar-refractivity contribution in [3.8, 4) is 11.1 Å². The van der Waals surface area contributed by atoms with Crippen molar-refractivity contribution in [2.24, 2.45) is 13.0 Å². The summed E-state index contributed by atoms with van der Waals surface area (Å²) in [7, 11) is -1.30. The van der Waals surface area contributed by atoms with E-state index in [-0.39, 0.29) is 29.7 Å². The monoisotopic (exact) mass is 612 g/mol. The molecule has 2 aromatic heterocycles. The summed E-state index contributed by atoms with van der Waals surface area (Å²) < 4.78 is 43.1. The van der Waals surface area contributed by atoms with E-state index in [2.05, 4.69) is 20.8 Å². The van der Waals surface area contributed by atoms with E-state index in [1.54, 1.807) is 28.8 Å². The van der Waals surface area contributed by atoms with Gasteiger partial charge in [0, 0.05) is 55.9 Å². The summed E-state index contributed by atoms with van der Waals surface area (Å²) in [6.07, 6.45) is 6.56. The molecule has 11 heteroatoms. The minimum Gasteiger partial charge on any atom is -0.336 e. The lowest BCUT2D eigenvalue weighted by atomic mass is 9.86. The molecule has 0 spiro atoms. The summed E-state index contributed by atoms with van der Waals surface area (Å²) in [5.41, 5.74) is 4.43. The number of amides is 1. The highest BCUT2D eigenvalue weighted by molar-refractivity contribution is 7.89. The van der Waals surface area contributed by atoms with Gasteiger partial charge in [0.05, 0.1) is 23.0 Å². The van der Waals surface area contributed by atoms with Crippen molar-refractivity contribution in [2.75, 3.05) is 31.9 Å². The molecule has 1 amide bonds. The highest BCUT2D eigenvalue weighted by Gasteiger charge is 2.31. The fourth-order valence-corrected chi connectivity index (χ4v) is 7.76. The van der Waals surface area contributed by atoms with Gasteiger partial charge in [-0.25, -0.2) is 22.5 Å². The topological polar surface area (TPSA) is 100 Å². The van der Waals surface area contributed by atoms with Crippen LogP contribution in [0.1, 0.15) is 81.8 Å². The number of carbonyl (C=O) groups is 1. The van der Waals surface area contributed by atoms with Crippen molar-refractivity contribution in [3.63, 3.8) is 0 Å². The van der Waals surface area contributed by atoms with Crippen molar-refractivity contribution in [3.05, 3.63) is 47.5 Å². The van der Waals surface area contributed by atoms with Crippen LogP contribution in [0.25, 0.3) is 22.2 Å². The predicted octanol–water partition coefficient (Wildman–Crippen LogP) is 4.93. The van der Waals surface area contributed by atoms with E-state index >= 15 is 0 Å². The molecule has 2 aliphatic rings. The van der Waals surface area contributed by atoms with Crippen LogP contribution in [-0.2, 0) is 17.1 Å². The molecule has 1 atom stereocenters. The number of rotatable bonds is 10. The van der Waals surface area contributed by atoms with Crippen LogP contribution in [0.4, 0.5) is 4.39 Å². The third kappa shape index (κ3) is 6.94. The number of nitrogens with zero attached hydrogens (tertiary/aromatic N) is 5. The molecular weight excluding hydrogens is 567 g/mol. The highest BCUT2D eigenvalue weighted by Crippen LogP contribution is 2.37. The number of halogens is 1. The van der Waals surface area contributed by atoms with Crippen molar-refractivity contribution < 1.29 is 17.6 Å². The molecule has 1 saturated carbocycles. The van der Waals surface area contributed by atoms with Crippen LogP contribution in [0.5, 0.6) is 0 Å². The smallest absolute Gasteiger partial charge is 0.254 e. The first-order valence-corrected chi connectivity index (χ1v) is 17.3. The number of likely N-dealkylation sites (tertiary alicyclic amines) is 1. The molecule has 1 unspecified atom stereocenters. The average molecular weight is 613 g/mol. The van der Waals surface area contributed by atoms with Crippen LogP contribution in [-0.4, -0.2) is 82.9 Å². The Morgan fingerprint density at radius 2 is 1.86 bits per heavy atom. The van der Waals surface area contributed by atoms with Gasteiger partial charge in [0.2, 0.25) is 10.0 Å². The summed E-state index contributed by atoms with van der Waals surface area (Å²) in [6.45, 7) is 11.0. The number of aromatic nitrogens is 3. The third-order valence-electron chi connectivity index (χ3n) is 9.22. The van der Waals surface area contributed by atoms with Gasteiger partial charge in [0.1, 0.15) is 11.3 Å². The number of sulfonamides is 1. The van der Waals surface area contributed by atoms with E-state index < -0.39 is 15.8 Å². The molecule has 5 rings (SSSR count). The molecular formula is C32H45FN6O3S. The van der Waals surface area contributed by atoms with Crippen LogP contribution in [0.15, 0.2) is 30.5 Å². The third-order valence-corrected chi connectivity index (χ3v) is 10.7. The Morgan fingerprint density at radius 1 is 1.12 bits per heavy atom. The number of benzene rings is 1. The first-order valence-electron chi connectivity index (χ1n) is 15.7. The molecule has 3 heterocycles. The fraction of sp³-hybridized carbons (Fsp3) is 0.594. The van der Waals surface area contributed by atoms with E-state index in [9.17, 15) is 17.6 Å². The number of nitrogens with one attached hydrogen (secondary N) is 1. The summed E-state index contributed by atoms with van der Waals surface area (Å²) >= 11 is 0. The lowest BCUT2D eigenvalue weighted by Gasteiger charge is -2.31. The Kier molecular flexibility index (Phi) is 9.53. The Morgan fingerprint density at radius 3 is 2.53 bits per heavy atom. The van der Waals surface area contributed by atoms with Crippen LogP contribution in [0.3, 0.4) is 0 Å². The first-order chi connectivity index (χ1) is 20.5. The maximum atomic E-state index is 14.6. The minimum absolute atomic E-state index is 0.0153. The Balaban J connectivity index is 1.37. The van der Waals surface area contributed by atoms with E-state index in [4.69, 9.17) is 4.98 Å². The molecule has 1 aromatic carbocycles. The predicted molar refractivity (Wildman–Crippen MR) is 168 cm³/mol. The van der Waals surface area contributed by atoms with Crippen molar-refractivity contribution in [1.29, 1.82) is 0 Å². The number of pyridine rings is 1. The summed E-state index contributed by atoms with van der Waals surface area (Å²) in [5.74, 6) is 0.283.